The molecule has 3 rings (SSSR count). The minimum absolute atomic E-state index is 0.0315. The van der Waals surface area contributed by atoms with Crippen LogP contribution in [0.3, 0.4) is 0 Å². The van der Waals surface area contributed by atoms with Gasteiger partial charge < -0.3 is 20.0 Å². The Balaban J connectivity index is 1.60. The molecule has 2 aromatic rings. The summed E-state index contributed by atoms with van der Waals surface area (Å²) in [5.41, 5.74) is 1.28. The average Bonchev–Trinajstić information content (AvgIpc) is 2.99. The first kappa shape index (κ1) is 22.8. The van der Waals surface area contributed by atoms with Gasteiger partial charge in [0.1, 0.15) is 10.1 Å². The molecule has 0 bridgehead atoms. The lowest BCUT2D eigenvalue weighted by atomic mass is 10.2. The lowest BCUT2D eigenvalue weighted by Crippen LogP contribution is -2.33. The highest BCUT2D eigenvalue weighted by molar-refractivity contribution is 8.26. The van der Waals surface area contributed by atoms with Gasteiger partial charge in [-0.15, -0.1) is 0 Å². The minimum atomic E-state index is -1.25. The molecule has 1 N–H and O–H groups in total. The van der Waals surface area contributed by atoms with Crippen LogP contribution in [0.1, 0.15) is 12.0 Å². The number of aliphatic carboxylic acids is 1. The summed E-state index contributed by atoms with van der Waals surface area (Å²) < 4.78 is 5.83. The normalized spacial score (nSPS) is 14.7. The van der Waals surface area contributed by atoms with Gasteiger partial charge in [-0.25, -0.2) is 0 Å². The van der Waals surface area contributed by atoms with Crippen LogP contribution in [0.25, 0.3) is 6.08 Å². The predicted octanol–water partition coefficient (Wildman–Crippen LogP) is 2.70. The number of anilines is 1. The van der Waals surface area contributed by atoms with Gasteiger partial charge in [-0.1, -0.05) is 47.7 Å². The molecule has 1 fully saturated rings. The van der Waals surface area contributed by atoms with Crippen molar-refractivity contribution in [3.63, 3.8) is 0 Å². The second-order valence-corrected chi connectivity index (χ2v) is 8.48. The highest BCUT2D eigenvalue weighted by atomic mass is 35.5. The summed E-state index contributed by atoms with van der Waals surface area (Å²) >= 11 is 12.1. The number of carbonyl (C=O) groups excluding carboxylic acids is 3. The third-order valence-corrected chi connectivity index (χ3v) is 5.70. The maximum Gasteiger partial charge on any atom is 0.266 e. The van der Waals surface area contributed by atoms with Crippen molar-refractivity contribution in [3.05, 3.63) is 64.0 Å². The maximum absolute atomic E-state index is 12.5. The number of hydrogen-bond donors (Lipinski definition) is 1. The molecule has 2 amide bonds. The van der Waals surface area contributed by atoms with E-state index in [1.54, 1.807) is 54.6 Å². The zero-order valence-corrected chi connectivity index (χ0v) is 18.4. The van der Waals surface area contributed by atoms with E-state index in [1.165, 1.54) is 4.90 Å². The Morgan fingerprint density at radius 1 is 1.23 bits per heavy atom. The molecule has 7 nitrogen and oxygen atoms in total. The molecule has 0 atom stereocenters. The van der Waals surface area contributed by atoms with Gasteiger partial charge in [0.2, 0.25) is 0 Å². The molecule has 0 aromatic heterocycles. The molecule has 0 spiro atoms. The first-order chi connectivity index (χ1) is 14.8. The summed E-state index contributed by atoms with van der Waals surface area (Å²) in [5, 5.41) is 13.9. The van der Waals surface area contributed by atoms with Crippen LogP contribution in [0.2, 0.25) is 5.02 Å². The van der Waals surface area contributed by atoms with Crippen molar-refractivity contribution in [3.8, 4) is 5.75 Å². The number of carbonyl (C=O) groups is 3. The van der Waals surface area contributed by atoms with Crippen LogP contribution in [0.4, 0.5) is 5.69 Å². The van der Waals surface area contributed by atoms with Gasteiger partial charge in [-0.3, -0.25) is 14.5 Å². The van der Waals surface area contributed by atoms with Crippen molar-refractivity contribution < 1.29 is 24.2 Å². The second-order valence-electron chi connectivity index (χ2n) is 6.37. The van der Waals surface area contributed by atoms with Crippen molar-refractivity contribution in [1.29, 1.82) is 0 Å². The van der Waals surface area contributed by atoms with Crippen molar-refractivity contribution in [2.75, 3.05) is 18.5 Å². The highest BCUT2D eigenvalue weighted by Crippen LogP contribution is 2.33. The van der Waals surface area contributed by atoms with Crippen LogP contribution in [0.5, 0.6) is 5.75 Å². The van der Waals surface area contributed by atoms with Gasteiger partial charge in [0.15, 0.2) is 6.61 Å². The Morgan fingerprint density at radius 2 is 1.97 bits per heavy atom. The number of carboxylic acids is 1. The van der Waals surface area contributed by atoms with E-state index in [4.69, 9.17) is 28.6 Å². The predicted molar refractivity (Wildman–Crippen MR) is 122 cm³/mol. The first-order valence-corrected chi connectivity index (χ1v) is 10.7. The fourth-order valence-electron chi connectivity index (χ4n) is 2.62. The summed E-state index contributed by atoms with van der Waals surface area (Å²) in [7, 11) is 0. The van der Waals surface area contributed by atoms with Crippen molar-refractivity contribution in [2.24, 2.45) is 0 Å². The standard InChI is InChI=1S/C21H17ClN2O5S2/c22-14-4-6-15(7-5-14)23-18(25)12-29-16-3-1-2-13(10-16)11-17-20(28)24(21(30)31-17)9-8-19(26)27/h1-7,10-11H,8-9,12H2,(H,23,25)(H,26,27)/p-1/b17-11+. The number of thioether (sulfide) groups is 1. The number of amides is 2. The van der Waals surface area contributed by atoms with Crippen molar-refractivity contribution in [1.82, 2.24) is 4.90 Å². The van der Waals surface area contributed by atoms with Crippen LogP contribution in [0, 0.1) is 0 Å². The zero-order valence-electron chi connectivity index (χ0n) is 16.0. The Kier molecular flexibility index (Phi) is 7.67. The van der Waals surface area contributed by atoms with Gasteiger partial charge in [0.25, 0.3) is 11.8 Å². The van der Waals surface area contributed by atoms with E-state index in [-0.39, 0.29) is 31.4 Å². The molecule has 31 heavy (non-hydrogen) atoms. The molecule has 0 unspecified atom stereocenters. The van der Waals surface area contributed by atoms with E-state index in [9.17, 15) is 19.5 Å². The fourth-order valence-corrected chi connectivity index (χ4v) is 4.06. The number of nitrogens with one attached hydrogen (secondary N) is 1. The second kappa shape index (κ2) is 10.4. The molecule has 160 valence electrons. The topological polar surface area (TPSA) is 98.8 Å². The number of carboxylic acid groups (broad SMARTS) is 1. The van der Waals surface area contributed by atoms with Gasteiger partial charge in [-0.2, -0.15) is 0 Å². The molecule has 0 saturated carbocycles. The fraction of sp³-hybridized carbons (Fsp3) is 0.143. The monoisotopic (exact) mass is 475 g/mol. The minimum Gasteiger partial charge on any atom is -0.550 e. The van der Waals surface area contributed by atoms with E-state index >= 15 is 0 Å². The Labute approximate surface area is 193 Å². The number of benzene rings is 2. The summed E-state index contributed by atoms with van der Waals surface area (Å²) in [6.45, 7) is -0.229. The zero-order chi connectivity index (χ0) is 22.4. The molecular formula is C21H16ClN2O5S2-. The Hall–Kier alpha value is -2.88. The molecule has 1 saturated heterocycles. The molecule has 0 radical (unpaired) electrons. The van der Waals surface area contributed by atoms with Gasteiger partial charge in [0.05, 0.1) is 4.91 Å². The van der Waals surface area contributed by atoms with Gasteiger partial charge in [-0.05, 0) is 48.0 Å². The van der Waals surface area contributed by atoms with E-state index in [0.29, 0.717) is 31.2 Å². The lowest BCUT2D eigenvalue weighted by molar-refractivity contribution is -0.305. The molecule has 10 heteroatoms. The number of halogens is 1. The van der Waals surface area contributed by atoms with Crippen LogP contribution in [-0.2, 0) is 14.4 Å². The molecule has 1 heterocycles. The molecule has 2 aromatic carbocycles. The summed E-state index contributed by atoms with van der Waals surface area (Å²) in [5.74, 6) is -1.48. The van der Waals surface area contributed by atoms with Crippen LogP contribution in [0.15, 0.2) is 53.4 Å². The quantitative estimate of drug-likeness (QED) is 0.463. The Morgan fingerprint density at radius 3 is 2.68 bits per heavy atom. The SMILES string of the molecule is O=C([O-])CCN1C(=O)/C(=C\c2cccc(OCC(=O)Nc3ccc(Cl)cc3)c2)SC1=S. The van der Waals surface area contributed by atoms with Gasteiger partial charge in [0, 0.05) is 29.6 Å². The Bertz CT molecular complexity index is 1060. The van der Waals surface area contributed by atoms with E-state index in [1.807, 2.05) is 0 Å². The lowest BCUT2D eigenvalue weighted by Gasteiger charge is -2.14. The first-order valence-electron chi connectivity index (χ1n) is 9.05. The summed E-state index contributed by atoms with van der Waals surface area (Å²) in [6.07, 6.45) is 1.35. The number of ether oxygens (including phenoxy) is 1. The van der Waals surface area contributed by atoms with E-state index in [0.717, 1.165) is 11.8 Å². The number of thiocarbonyl (C=S) groups is 1. The number of hydrogen-bond acceptors (Lipinski definition) is 7. The molecule has 0 aliphatic carbocycles. The van der Waals surface area contributed by atoms with Crippen molar-refractivity contribution >= 4 is 69.4 Å². The highest BCUT2D eigenvalue weighted by Gasteiger charge is 2.31. The summed E-state index contributed by atoms with van der Waals surface area (Å²) in [6, 6.07) is 13.6. The smallest absolute Gasteiger partial charge is 0.266 e. The molecular weight excluding hydrogens is 460 g/mol. The third-order valence-electron chi connectivity index (χ3n) is 4.07. The van der Waals surface area contributed by atoms with Gasteiger partial charge >= 0.3 is 0 Å². The van der Waals surface area contributed by atoms with Crippen LogP contribution in [-0.4, -0.2) is 40.2 Å². The van der Waals surface area contributed by atoms with Crippen LogP contribution < -0.4 is 15.2 Å². The van der Waals surface area contributed by atoms with Crippen molar-refractivity contribution in [2.45, 2.75) is 6.42 Å². The third kappa shape index (κ3) is 6.55. The maximum atomic E-state index is 12.5. The van der Waals surface area contributed by atoms with E-state index < -0.39 is 5.97 Å². The number of nitrogens with zero attached hydrogens (tertiary/aromatic N) is 1. The van der Waals surface area contributed by atoms with Crippen LogP contribution >= 0.6 is 35.6 Å². The molecule has 1 aliphatic heterocycles. The van der Waals surface area contributed by atoms with E-state index in [2.05, 4.69) is 5.32 Å². The number of rotatable bonds is 8. The average molecular weight is 476 g/mol. The largest absolute Gasteiger partial charge is 0.550 e. The molecule has 1 aliphatic rings. The summed E-state index contributed by atoms with van der Waals surface area (Å²) in [4.78, 5) is 36.8.